The molecule has 2 aromatic carbocycles. The Kier molecular flexibility index (Phi) is 4.56. The van der Waals surface area contributed by atoms with Crippen LogP contribution in [0.2, 0.25) is 0 Å². The molecule has 25 heavy (non-hydrogen) atoms. The maximum absolute atomic E-state index is 10.3. The summed E-state index contributed by atoms with van der Waals surface area (Å²) in [5, 5.41) is 10.3. The molecule has 7 heteroatoms. The van der Waals surface area contributed by atoms with Crippen LogP contribution in [0.5, 0.6) is 28.7 Å². The molecule has 7 nitrogen and oxygen atoms in total. The lowest BCUT2D eigenvalue weighted by atomic mass is 10.1. The largest absolute Gasteiger partial charge is 0.507 e. The van der Waals surface area contributed by atoms with Crippen molar-refractivity contribution in [3.63, 3.8) is 0 Å². The Balaban J connectivity index is 2.07. The summed E-state index contributed by atoms with van der Waals surface area (Å²) in [6.07, 6.45) is 1.45. The van der Waals surface area contributed by atoms with Crippen LogP contribution in [0.15, 0.2) is 48.7 Å². The highest BCUT2D eigenvalue weighted by Gasteiger charge is 2.16. The third-order valence-electron chi connectivity index (χ3n) is 3.52. The molecule has 0 aliphatic carbocycles. The third-order valence-corrected chi connectivity index (χ3v) is 3.52. The molecule has 0 bridgehead atoms. The summed E-state index contributed by atoms with van der Waals surface area (Å²) < 4.78 is 16.3. The first-order valence-electron chi connectivity index (χ1n) is 7.43. The van der Waals surface area contributed by atoms with Gasteiger partial charge in [-0.2, -0.15) is 0 Å². The quantitative estimate of drug-likeness (QED) is 0.736. The predicted octanol–water partition coefficient (Wildman–Crippen LogP) is 3.24. The topological polar surface area (TPSA) is 99.7 Å². The van der Waals surface area contributed by atoms with Gasteiger partial charge in [0.2, 0.25) is 5.95 Å². The van der Waals surface area contributed by atoms with E-state index in [4.69, 9.17) is 19.9 Å². The van der Waals surface area contributed by atoms with Crippen LogP contribution in [-0.4, -0.2) is 29.3 Å². The first kappa shape index (κ1) is 16.4. The van der Waals surface area contributed by atoms with Crippen LogP contribution in [0.1, 0.15) is 0 Å². The molecule has 3 aromatic rings. The number of rotatable bonds is 5. The van der Waals surface area contributed by atoms with Gasteiger partial charge in [0.05, 0.1) is 20.4 Å². The summed E-state index contributed by atoms with van der Waals surface area (Å²) in [7, 11) is 3.07. The summed E-state index contributed by atoms with van der Waals surface area (Å²) >= 11 is 0. The summed E-state index contributed by atoms with van der Waals surface area (Å²) in [6, 6.07) is 12.1. The van der Waals surface area contributed by atoms with Gasteiger partial charge in [-0.05, 0) is 24.3 Å². The van der Waals surface area contributed by atoms with Gasteiger partial charge in [0.1, 0.15) is 17.2 Å². The van der Waals surface area contributed by atoms with Gasteiger partial charge in [-0.3, -0.25) is 0 Å². The Labute approximate surface area is 144 Å². The molecular formula is C18H17N3O4. The molecule has 128 valence electrons. The van der Waals surface area contributed by atoms with Gasteiger partial charge in [-0.25, -0.2) is 9.97 Å². The van der Waals surface area contributed by atoms with Crippen LogP contribution >= 0.6 is 0 Å². The van der Waals surface area contributed by atoms with Crippen molar-refractivity contribution in [2.75, 3.05) is 20.0 Å². The first-order chi connectivity index (χ1) is 12.1. The smallest absolute Gasteiger partial charge is 0.220 e. The molecule has 3 N–H and O–H groups in total. The minimum atomic E-state index is -0.0117. The zero-order chi connectivity index (χ0) is 17.8. The fraction of sp³-hybridized carbons (Fsp3) is 0.111. The molecule has 1 heterocycles. The zero-order valence-corrected chi connectivity index (χ0v) is 13.8. The maximum Gasteiger partial charge on any atom is 0.220 e. The Hall–Kier alpha value is -3.48. The van der Waals surface area contributed by atoms with Crippen LogP contribution in [0.4, 0.5) is 5.95 Å². The lowest BCUT2D eigenvalue weighted by Crippen LogP contribution is -2.00. The predicted molar refractivity (Wildman–Crippen MR) is 93.2 cm³/mol. The van der Waals surface area contributed by atoms with Gasteiger partial charge in [-0.1, -0.05) is 12.1 Å². The fourth-order valence-corrected chi connectivity index (χ4v) is 2.31. The number of phenols is 1. The molecule has 0 radical (unpaired) electrons. The van der Waals surface area contributed by atoms with Crippen molar-refractivity contribution in [2.45, 2.75) is 0 Å². The van der Waals surface area contributed by atoms with Crippen molar-refractivity contribution < 1.29 is 19.3 Å². The van der Waals surface area contributed by atoms with E-state index in [0.717, 1.165) is 0 Å². The molecule has 0 unspecified atom stereocenters. The number of aromatic nitrogens is 2. The SMILES string of the molecule is COc1ccc(-c2nc(N)ncc2Oc2ccccc2OC)c(O)c1. The van der Waals surface area contributed by atoms with Crippen molar-refractivity contribution in [1.82, 2.24) is 9.97 Å². The molecule has 0 spiro atoms. The van der Waals surface area contributed by atoms with Gasteiger partial charge in [0.25, 0.3) is 0 Å². The number of hydrogen-bond donors (Lipinski definition) is 2. The molecule has 0 saturated carbocycles. The molecule has 0 aliphatic heterocycles. The highest BCUT2D eigenvalue weighted by Crippen LogP contribution is 2.39. The Morgan fingerprint density at radius 1 is 0.960 bits per heavy atom. The first-order valence-corrected chi connectivity index (χ1v) is 7.43. The van der Waals surface area contributed by atoms with E-state index < -0.39 is 0 Å². The fourth-order valence-electron chi connectivity index (χ4n) is 2.31. The number of nitrogens with zero attached hydrogens (tertiary/aromatic N) is 2. The monoisotopic (exact) mass is 339 g/mol. The number of methoxy groups -OCH3 is 2. The molecule has 0 saturated heterocycles. The summed E-state index contributed by atoms with van der Waals surface area (Å²) in [4.78, 5) is 8.19. The van der Waals surface area contributed by atoms with E-state index in [2.05, 4.69) is 9.97 Å². The number of nitrogen functional groups attached to an aromatic ring is 1. The molecule has 1 aromatic heterocycles. The highest BCUT2D eigenvalue weighted by molar-refractivity contribution is 5.73. The van der Waals surface area contributed by atoms with Crippen molar-refractivity contribution in [3.8, 4) is 40.0 Å². The summed E-state index contributed by atoms with van der Waals surface area (Å²) in [6.45, 7) is 0. The maximum atomic E-state index is 10.3. The van der Waals surface area contributed by atoms with Crippen LogP contribution in [0.25, 0.3) is 11.3 Å². The number of anilines is 1. The summed E-state index contributed by atoms with van der Waals surface area (Å²) in [5.41, 5.74) is 6.52. The number of aromatic hydroxyl groups is 1. The van der Waals surface area contributed by atoms with Crippen molar-refractivity contribution in [2.24, 2.45) is 0 Å². The van der Waals surface area contributed by atoms with E-state index in [1.807, 2.05) is 12.1 Å². The summed E-state index contributed by atoms with van der Waals surface area (Å²) in [5.74, 6) is 1.96. The van der Waals surface area contributed by atoms with Crippen molar-refractivity contribution in [1.29, 1.82) is 0 Å². The van der Waals surface area contributed by atoms with Gasteiger partial charge in [-0.15, -0.1) is 0 Å². The lowest BCUT2D eigenvalue weighted by molar-refractivity contribution is 0.378. The van der Waals surface area contributed by atoms with Crippen LogP contribution in [0.3, 0.4) is 0 Å². The number of nitrogens with two attached hydrogens (primary N) is 1. The van der Waals surface area contributed by atoms with Gasteiger partial charge >= 0.3 is 0 Å². The Morgan fingerprint density at radius 2 is 1.72 bits per heavy atom. The third kappa shape index (κ3) is 3.40. The molecule has 0 atom stereocenters. The number of para-hydroxylation sites is 2. The number of hydrogen-bond acceptors (Lipinski definition) is 7. The average molecular weight is 339 g/mol. The molecule has 0 amide bonds. The van der Waals surface area contributed by atoms with E-state index in [1.165, 1.54) is 19.4 Å². The molecule has 3 rings (SSSR count). The molecular weight excluding hydrogens is 322 g/mol. The second kappa shape index (κ2) is 6.96. The number of phenolic OH excluding ortho intramolecular Hbond substituents is 1. The van der Waals surface area contributed by atoms with Gasteiger partial charge < -0.3 is 25.1 Å². The van der Waals surface area contributed by atoms with E-state index in [-0.39, 0.29) is 11.7 Å². The Bertz CT molecular complexity index is 899. The molecule has 0 fully saturated rings. The van der Waals surface area contributed by atoms with Crippen LogP contribution < -0.4 is 19.9 Å². The van der Waals surface area contributed by atoms with Crippen molar-refractivity contribution >= 4 is 5.95 Å². The highest BCUT2D eigenvalue weighted by atomic mass is 16.5. The van der Waals surface area contributed by atoms with Gasteiger partial charge in [0, 0.05) is 11.6 Å². The van der Waals surface area contributed by atoms with Crippen molar-refractivity contribution in [3.05, 3.63) is 48.7 Å². The van der Waals surface area contributed by atoms with Gasteiger partial charge in [0.15, 0.2) is 17.2 Å². The Morgan fingerprint density at radius 3 is 2.40 bits per heavy atom. The second-order valence-electron chi connectivity index (χ2n) is 5.08. The minimum Gasteiger partial charge on any atom is -0.507 e. The lowest BCUT2D eigenvalue weighted by Gasteiger charge is -2.14. The van der Waals surface area contributed by atoms with E-state index in [9.17, 15) is 5.11 Å². The second-order valence-corrected chi connectivity index (χ2v) is 5.08. The van der Waals surface area contributed by atoms with E-state index in [0.29, 0.717) is 34.3 Å². The average Bonchev–Trinajstić information content (AvgIpc) is 2.63. The normalized spacial score (nSPS) is 10.3. The zero-order valence-electron chi connectivity index (χ0n) is 13.8. The van der Waals surface area contributed by atoms with Crippen LogP contribution in [-0.2, 0) is 0 Å². The van der Waals surface area contributed by atoms with E-state index in [1.54, 1.807) is 31.4 Å². The number of ether oxygens (including phenoxy) is 3. The van der Waals surface area contributed by atoms with Crippen LogP contribution in [0, 0.1) is 0 Å². The molecule has 0 aliphatic rings. The minimum absolute atomic E-state index is 0.0117. The van der Waals surface area contributed by atoms with E-state index >= 15 is 0 Å². The standard InChI is InChI=1S/C18H17N3O4/c1-23-11-7-8-12(13(22)9-11)17-16(10-20-18(19)21-17)25-15-6-4-3-5-14(15)24-2/h3-10,22H,1-2H3,(H2,19,20,21). The number of benzene rings is 2.